The molecule has 0 amide bonds. The van der Waals surface area contributed by atoms with Gasteiger partial charge in [0, 0.05) is 5.02 Å². The first-order valence-electron chi connectivity index (χ1n) is 7.87. The van der Waals surface area contributed by atoms with Gasteiger partial charge in [-0.25, -0.2) is 4.98 Å². The summed E-state index contributed by atoms with van der Waals surface area (Å²) in [4.78, 5) is 4.52. The minimum absolute atomic E-state index is 0.149. The second-order valence-corrected chi connectivity index (χ2v) is 7.82. The number of halogens is 1. The van der Waals surface area contributed by atoms with Crippen LogP contribution in [0.3, 0.4) is 0 Å². The van der Waals surface area contributed by atoms with Crippen LogP contribution in [-0.4, -0.2) is 26.3 Å². The molecule has 132 valence electrons. The highest BCUT2D eigenvalue weighted by atomic mass is 35.5. The molecule has 0 spiro atoms. The van der Waals surface area contributed by atoms with Crippen molar-refractivity contribution in [3.8, 4) is 0 Å². The smallest absolute Gasteiger partial charge is 0.264 e. The maximum absolute atomic E-state index is 11.0. The molecule has 7 heteroatoms. The number of rotatable bonds is 7. The summed E-state index contributed by atoms with van der Waals surface area (Å²) in [6.45, 7) is 0.149. The molecule has 1 heterocycles. The lowest BCUT2D eigenvalue weighted by molar-refractivity contribution is 0.316. The van der Waals surface area contributed by atoms with Crippen LogP contribution in [0.1, 0.15) is 23.4 Å². The number of fused-ring (bicyclic) bond motifs is 1. The van der Waals surface area contributed by atoms with Gasteiger partial charge >= 0.3 is 0 Å². The second kappa shape index (κ2) is 7.56. The third-order valence-corrected chi connectivity index (χ3v) is 4.69. The van der Waals surface area contributed by atoms with Crippen molar-refractivity contribution in [2.75, 3.05) is 12.9 Å². The average Bonchev–Trinajstić information content (AvgIpc) is 2.96. The summed E-state index contributed by atoms with van der Waals surface area (Å²) in [6, 6.07) is 13.4. The first-order chi connectivity index (χ1) is 11.9. The fraction of sp³-hybridized carbons (Fsp3) is 0.278. The molecule has 25 heavy (non-hydrogen) atoms. The van der Waals surface area contributed by atoms with E-state index >= 15 is 0 Å². The van der Waals surface area contributed by atoms with Crippen LogP contribution in [0.2, 0.25) is 5.02 Å². The number of benzene rings is 2. The summed E-state index contributed by atoms with van der Waals surface area (Å²) in [6.07, 6.45) is 2.79. The van der Waals surface area contributed by atoms with Crippen LogP contribution in [0.4, 0.5) is 0 Å². The van der Waals surface area contributed by atoms with Gasteiger partial charge < -0.3 is 4.42 Å². The number of oxazole rings is 1. The van der Waals surface area contributed by atoms with Crippen LogP contribution in [0.15, 0.2) is 46.9 Å². The molecule has 0 aliphatic carbocycles. The molecule has 0 fully saturated rings. The zero-order valence-corrected chi connectivity index (χ0v) is 15.3. The lowest BCUT2D eigenvalue weighted by Gasteiger charge is -2.02. The zero-order chi connectivity index (χ0) is 17.9. The Balaban J connectivity index is 1.75. The van der Waals surface area contributed by atoms with Crippen molar-refractivity contribution >= 4 is 32.8 Å². The Morgan fingerprint density at radius 2 is 1.88 bits per heavy atom. The third kappa shape index (κ3) is 4.81. The van der Waals surface area contributed by atoms with Crippen molar-refractivity contribution in [2.24, 2.45) is 0 Å². The highest BCUT2D eigenvalue weighted by Gasteiger charge is 2.12. The molecule has 1 aromatic heterocycles. The minimum atomic E-state index is -3.40. The molecule has 0 aliphatic rings. The molecule has 0 atom stereocenters. The van der Waals surface area contributed by atoms with E-state index in [0.29, 0.717) is 30.2 Å². The van der Waals surface area contributed by atoms with Crippen LogP contribution in [0.5, 0.6) is 0 Å². The summed E-state index contributed by atoms with van der Waals surface area (Å²) >= 11 is 6.19. The van der Waals surface area contributed by atoms with Gasteiger partial charge in [-0.3, -0.25) is 4.18 Å². The molecule has 3 aromatic rings. The molecule has 0 saturated heterocycles. The normalized spacial score (nSPS) is 11.9. The van der Waals surface area contributed by atoms with Crippen LogP contribution < -0.4 is 0 Å². The summed E-state index contributed by atoms with van der Waals surface area (Å²) < 4.78 is 32.7. The quantitative estimate of drug-likeness (QED) is 0.458. The Morgan fingerprint density at radius 3 is 2.64 bits per heavy atom. The Morgan fingerprint density at radius 1 is 1.12 bits per heavy atom. The maximum Gasteiger partial charge on any atom is 0.264 e. The molecular formula is C18H18ClNO4S. The summed E-state index contributed by atoms with van der Waals surface area (Å²) in [5.41, 5.74) is 3.44. The van der Waals surface area contributed by atoms with Gasteiger partial charge in [0.25, 0.3) is 10.1 Å². The Kier molecular flexibility index (Phi) is 5.42. The van der Waals surface area contributed by atoms with Crippen LogP contribution in [-0.2, 0) is 27.1 Å². The molecule has 0 unspecified atom stereocenters. The van der Waals surface area contributed by atoms with Gasteiger partial charge in [0.2, 0.25) is 0 Å². The van der Waals surface area contributed by atoms with Crippen LogP contribution in [0, 0.1) is 0 Å². The molecule has 2 aromatic carbocycles. The van der Waals surface area contributed by atoms with Crippen molar-refractivity contribution in [1.82, 2.24) is 4.98 Å². The first-order valence-corrected chi connectivity index (χ1v) is 10.1. The van der Waals surface area contributed by atoms with E-state index in [-0.39, 0.29) is 6.61 Å². The minimum Gasteiger partial charge on any atom is -0.440 e. The zero-order valence-electron chi connectivity index (χ0n) is 13.7. The number of hydrogen-bond donors (Lipinski definition) is 0. The van der Waals surface area contributed by atoms with E-state index in [1.165, 1.54) is 0 Å². The van der Waals surface area contributed by atoms with Crippen molar-refractivity contribution in [3.63, 3.8) is 0 Å². The van der Waals surface area contributed by atoms with Gasteiger partial charge in [0.15, 0.2) is 11.5 Å². The van der Waals surface area contributed by atoms with E-state index in [0.717, 1.165) is 28.5 Å². The summed E-state index contributed by atoms with van der Waals surface area (Å²) in [5.74, 6) is 0.600. The number of hydrogen-bond acceptors (Lipinski definition) is 5. The molecule has 0 saturated carbocycles. The SMILES string of the molecule is CS(=O)(=O)OCCCc1cccc2nc(Cc3ccccc3Cl)oc12. The van der Waals surface area contributed by atoms with Crippen molar-refractivity contribution in [3.05, 3.63) is 64.5 Å². The topological polar surface area (TPSA) is 69.4 Å². The van der Waals surface area contributed by atoms with Crippen LogP contribution >= 0.6 is 11.6 Å². The number of para-hydroxylation sites is 1. The standard InChI is InChI=1S/C18H18ClNO4S/c1-25(21,22)23-11-5-8-13-7-4-10-16-18(13)24-17(20-16)12-14-6-2-3-9-15(14)19/h2-4,6-7,9-10H,5,8,11-12H2,1H3. The highest BCUT2D eigenvalue weighted by molar-refractivity contribution is 7.85. The van der Waals surface area contributed by atoms with Gasteiger partial charge in [0.1, 0.15) is 5.52 Å². The molecule has 0 radical (unpaired) electrons. The monoisotopic (exact) mass is 379 g/mol. The molecule has 0 aliphatic heterocycles. The Bertz CT molecular complexity index is 982. The highest BCUT2D eigenvalue weighted by Crippen LogP contribution is 2.24. The molecule has 3 rings (SSSR count). The van der Waals surface area contributed by atoms with Gasteiger partial charge in [0.05, 0.1) is 19.3 Å². The van der Waals surface area contributed by atoms with Gasteiger partial charge in [-0.05, 0) is 36.1 Å². The van der Waals surface area contributed by atoms with E-state index in [9.17, 15) is 8.42 Å². The summed E-state index contributed by atoms with van der Waals surface area (Å²) in [7, 11) is -3.40. The lowest BCUT2D eigenvalue weighted by Crippen LogP contribution is -2.04. The number of nitrogens with zero attached hydrogens (tertiary/aromatic N) is 1. The molecule has 0 N–H and O–H groups in total. The van der Waals surface area contributed by atoms with E-state index in [1.807, 2.05) is 42.5 Å². The second-order valence-electron chi connectivity index (χ2n) is 5.77. The predicted octanol–water partition coefficient (Wildman–Crippen LogP) is 3.98. The van der Waals surface area contributed by atoms with Crippen LogP contribution in [0.25, 0.3) is 11.1 Å². The Hall–Kier alpha value is -1.89. The number of aromatic nitrogens is 1. The molecule has 0 bridgehead atoms. The third-order valence-electron chi connectivity index (χ3n) is 3.73. The van der Waals surface area contributed by atoms with Crippen molar-refractivity contribution in [2.45, 2.75) is 19.3 Å². The summed E-state index contributed by atoms with van der Waals surface area (Å²) in [5, 5.41) is 0.683. The van der Waals surface area contributed by atoms with Gasteiger partial charge in [-0.2, -0.15) is 8.42 Å². The van der Waals surface area contributed by atoms with Crippen molar-refractivity contribution in [1.29, 1.82) is 0 Å². The Labute approximate surface area is 151 Å². The first kappa shape index (κ1) is 17.9. The fourth-order valence-electron chi connectivity index (χ4n) is 2.60. The fourth-order valence-corrected chi connectivity index (χ4v) is 3.23. The van der Waals surface area contributed by atoms with E-state index in [1.54, 1.807) is 0 Å². The largest absolute Gasteiger partial charge is 0.440 e. The lowest BCUT2D eigenvalue weighted by atomic mass is 10.1. The molecular weight excluding hydrogens is 362 g/mol. The van der Waals surface area contributed by atoms with Crippen molar-refractivity contribution < 1.29 is 17.0 Å². The predicted molar refractivity (Wildman–Crippen MR) is 97.4 cm³/mol. The van der Waals surface area contributed by atoms with Gasteiger partial charge in [-0.15, -0.1) is 0 Å². The van der Waals surface area contributed by atoms with E-state index in [2.05, 4.69) is 4.98 Å². The van der Waals surface area contributed by atoms with Gasteiger partial charge in [-0.1, -0.05) is 41.9 Å². The average molecular weight is 380 g/mol. The van der Waals surface area contributed by atoms with E-state index in [4.69, 9.17) is 20.2 Å². The maximum atomic E-state index is 11.0. The molecule has 5 nitrogen and oxygen atoms in total. The number of aryl methyl sites for hydroxylation is 1. The van der Waals surface area contributed by atoms with E-state index < -0.39 is 10.1 Å².